The fraction of sp³-hybridized carbons (Fsp3) is 0.0625. The van der Waals surface area contributed by atoms with E-state index in [2.05, 4.69) is 5.32 Å². The number of hydrogen-bond donors (Lipinski definition) is 2. The fourth-order valence-corrected chi connectivity index (χ4v) is 2.30. The highest BCUT2D eigenvalue weighted by molar-refractivity contribution is 6.37. The van der Waals surface area contributed by atoms with Crippen molar-refractivity contribution in [3.05, 3.63) is 63.6 Å². The third-order valence-corrected chi connectivity index (χ3v) is 3.50. The Kier molecular flexibility index (Phi) is 5.41. The molecule has 0 spiro atoms. The maximum Gasteiger partial charge on any atom is 0.416 e. The summed E-state index contributed by atoms with van der Waals surface area (Å²) in [5, 5.41) is 11.8. The van der Waals surface area contributed by atoms with E-state index in [-0.39, 0.29) is 27.0 Å². The molecule has 0 unspecified atom stereocenters. The molecule has 3 nitrogen and oxygen atoms in total. The van der Waals surface area contributed by atoms with Crippen molar-refractivity contribution in [1.29, 1.82) is 0 Å². The molecular formula is C16H10Cl2F3NO2. The van der Waals surface area contributed by atoms with Crippen LogP contribution in [0.2, 0.25) is 10.0 Å². The van der Waals surface area contributed by atoms with E-state index in [1.165, 1.54) is 30.3 Å². The molecule has 0 saturated heterocycles. The van der Waals surface area contributed by atoms with Crippen molar-refractivity contribution >= 4 is 40.9 Å². The Balaban J connectivity index is 2.11. The van der Waals surface area contributed by atoms with E-state index in [1.807, 2.05) is 0 Å². The third-order valence-electron chi connectivity index (χ3n) is 2.93. The fourth-order valence-electron chi connectivity index (χ4n) is 1.81. The van der Waals surface area contributed by atoms with Crippen molar-refractivity contribution in [3.63, 3.8) is 0 Å². The van der Waals surface area contributed by atoms with E-state index in [9.17, 15) is 23.1 Å². The average molecular weight is 376 g/mol. The maximum atomic E-state index is 12.6. The van der Waals surface area contributed by atoms with Gasteiger partial charge in [-0.25, -0.2) is 0 Å². The average Bonchev–Trinajstić information content (AvgIpc) is 2.50. The Labute approximate surface area is 145 Å². The van der Waals surface area contributed by atoms with Gasteiger partial charge in [0.2, 0.25) is 5.91 Å². The summed E-state index contributed by atoms with van der Waals surface area (Å²) in [4.78, 5) is 11.8. The lowest BCUT2D eigenvalue weighted by Gasteiger charge is -2.07. The molecule has 126 valence electrons. The van der Waals surface area contributed by atoms with E-state index in [0.717, 1.165) is 18.2 Å². The molecule has 0 aromatic heterocycles. The Hall–Kier alpha value is -2.18. The lowest BCUT2D eigenvalue weighted by molar-refractivity contribution is -0.137. The molecule has 1 amide bonds. The van der Waals surface area contributed by atoms with Crippen LogP contribution in [-0.2, 0) is 11.0 Å². The Morgan fingerprint density at radius 3 is 2.33 bits per heavy atom. The molecule has 8 heteroatoms. The predicted octanol–water partition coefficient (Wildman–Crippen LogP) is 5.37. The van der Waals surface area contributed by atoms with Gasteiger partial charge in [-0.15, -0.1) is 0 Å². The van der Waals surface area contributed by atoms with Gasteiger partial charge in [0.25, 0.3) is 0 Å². The molecule has 0 aliphatic carbocycles. The molecule has 2 rings (SSSR count). The largest absolute Gasteiger partial charge is 0.505 e. The van der Waals surface area contributed by atoms with Gasteiger partial charge in [0.05, 0.1) is 15.6 Å². The number of carbonyl (C=O) groups excluding carboxylic acids is 1. The zero-order valence-corrected chi connectivity index (χ0v) is 13.4. The van der Waals surface area contributed by atoms with Gasteiger partial charge < -0.3 is 10.4 Å². The number of amides is 1. The second-order valence-corrected chi connectivity index (χ2v) is 5.55. The smallest absolute Gasteiger partial charge is 0.416 e. The Bertz CT molecular complexity index is 781. The van der Waals surface area contributed by atoms with Crippen LogP contribution in [0.15, 0.2) is 42.5 Å². The molecule has 0 atom stereocenters. The maximum absolute atomic E-state index is 12.6. The van der Waals surface area contributed by atoms with Crippen molar-refractivity contribution < 1.29 is 23.1 Å². The molecule has 2 aromatic rings. The molecule has 2 aromatic carbocycles. The molecule has 2 N–H and O–H groups in total. The van der Waals surface area contributed by atoms with Crippen LogP contribution in [0.25, 0.3) is 6.08 Å². The highest BCUT2D eigenvalue weighted by atomic mass is 35.5. The Morgan fingerprint density at radius 2 is 1.75 bits per heavy atom. The van der Waals surface area contributed by atoms with Crippen LogP contribution in [0.1, 0.15) is 11.1 Å². The summed E-state index contributed by atoms with van der Waals surface area (Å²) in [6, 6.07) is 7.14. The van der Waals surface area contributed by atoms with Crippen molar-refractivity contribution in [2.75, 3.05) is 5.32 Å². The van der Waals surface area contributed by atoms with Crippen LogP contribution in [0.3, 0.4) is 0 Å². The van der Waals surface area contributed by atoms with Gasteiger partial charge in [-0.1, -0.05) is 35.3 Å². The third kappa shape index (κ3) is 4.66. The van der Waals surface area contributed by atoms with Crippen molar-refractivity contribution in [3.8, 4) is 5.75 Å². The van der Waals surface area contributed by atoms with Gasteiger partial charge in [-0.3, -0.25) is 4.79 Å². The standard InChI is InChI=1S/C16H10Cl2F3NO2/c17-12-7-11(8-13(18)15(12)24)22-14(23)5-4-9-2-1-3-10(6-9)16(19,20)21/h1-8,24H,(H,22,23). The molecule has 0 heterocycles. The van der Waals surface area contributed by atoms with Crippen LogP contribution in [0.4, 0.5) is 18.9 Å². The number of phenolic OH excluding ortho intramolecular Hbond substituents is 1. The van der Waals surface area contributed by atoms with Crippen LogP contribution < -0.4 is 5.32 Å². The first-order valence-corrected chi connectivity index (χ1v) is 7.27. The topological polar surface area (TPSA) is 49.3 Å². The van der Waals surface area contributed by atoms with Crippen molar-refractivity contribution in [1.82, 2.24) is 0 Å². The minimum atomic E-state index is -4.45. The zero-order valence-electron chi connectivity index (χ0n) is 11.9. The van der Waals surface area contributed by atoms with Crippen LogP contribution in [0, 0.1) is 0 Å². The number of nitrogens with one attached hydrogen (secondary N) is 1. The first-order chi connectivity index (χ1) is 11.2. The first-order valence-electron chi connectivity index (χ1n) is 6.51. The number of phenols is 1. The Morgan fingerprint density at radius 1 is 1.12 bits per heavy atom. The summed E-state index contributed by atoms with van der Waals surface area (Å²) in [5.41, 5.74) is -0.342. The number of benzene rings is 2. The number of alkyl halides is 3. The van der Waals surface area contributed by atoms with Crippen molar-refractivity contribution in [2.24, 2.45) is 0 Å². The normalized spacial score (nSPS) is 11.7. The van der Waals surface area contributed by atoms with Gasteiger partial charge in [0.15, 0.2) is 5.75 Å². The summed E-state index contributed by atoms with van der Waals surface area (Å²) in [6.45, 7) is 0. The summed E-state index contributed by atoms with van der Waals surface area (Å²) in [5.74, 6) is -0.902. The van der Waals surface area contributed by atoms with Gasteiger partial charge >= 0.3 is 6.18 Å². The lowest BCUT2D eigenvalue weighted by atomic mass is 10.1. The summed E-state index contributed by atoms with van der Waals surface area (Å²) < 4.78 is 37.8. The van der Waals surface area contributed by atoms with Gasteiger partial charge in [0.1, 0.15) is 0 Å². The number of rotatable bonds is 3. The van der Waals surface area contributed by atoms with E-state index < -0.39 is 17.6 Å². The van der Waals surface area contributed by atoms with Crippen molar-refractivity contribution in [2.45, 2.75) is 6.18 Å². The summed E-state index contributed by atoms with van der Waals surface area (Å²) in [7, 11) is 0. The SMILES string of the molecule is O=C(C=Cc1cccc(C(F)(F)F)c1)Nc1cc(Cl)c(O)c(Cl)c1. The molecule has 0 aliphatic heterocycles. The molecule has 0 fully saturated rings. The molecule has 0 aliphatic rings. The highest BCUT2D eigenvalue weighted by Crippen LogP contribution is 2.34. The molecular weight excluding hydrogens is 366 g/mol. The first kappa shape index (κ1) is 18.2. The van der Waals surface area contributed by atoms with E-state index in [0.29, 0.717) is 0 Å². The second kappa shape index (κ2) is 7.15. The molecule has 24 heavy (non-hydrogen) atoms. The number of halogens is 5. The van der Waals surface area contributed by atoms with Gasteiger partial charge in [-0.05, 0) is 35.9 Å². The lowest BCUT2D eigenvalue weighted by Crippen LogP contribution is -2.08. The molecule has 0 bridgehead atoms. The summed E-state index contributed by atoms with van der Waals surface area (Å²) in [6.07, 6.45) is -2.13. The van der Waals surface area contributed by atoms with Crippen LogP contribution in [-0.4, -0.2) is 11.0 Å². The van der Waals surface area contributed by atoms with Gasteiger partial charge in [-0.2, -0.15) is 13.2 Å². The van der Waals surface area contributed by atoms with E-state index >= 15 is 0 Å². The molecule has 0 saturated carbocycles. The minimum absolute atomic E-state index is 0.0420. The number of hydrogen-bond acceptors (Lipinski definition) is 2. The van der Waals surface area contributed by atoms with Gasteiger partial charge in [0, 0.05) is 11.8 Å². The van der Waals surface area contributed by atoms with Crippen LogP contribution in [0.5, 0.6) is 5.75 Å². The van der Waals surface area contributed by atoms with E-state index in [1.54, 1.807) is 0 Å². The number of carbonyl (C=O) groups is 1. The zero-order chi connectivity index (χ0) is 17.9. The quantitative estimate of drug-likeness (QED) is 0.559. The second-order valence-electron chi connectivity index (χ2n) is 4.73. The highest BCUT2D eigenvalue weighted by Gasteiger charge is 2.30. The summed E-state index contributed by atoms with van der Waals surface area (Å²) >= 11 is 11.5. The van der Waals surface area contributed by atoms with Crippen LogP contribution >= 0.6 is 23.2 Å². The monoisotopic (exact) mass is 375 g/mol. The van der Waals surface area contributed by atoms with E-state index in [4.69, 9.17) is 23.2 Å². The number of aromatic hydroxyl groups is 1. The minimum Gasteiger partial charge on any atom is -0.505 e. The number of anilines is 1. The predicted molar refractivity (Wildman–Crippen MR) is 87.2 cm³/mol. The molecule has 0 radical (unpaired) electrons.